The van der Waals surface area contributed by atoms with Gasteiger partial charge in [-0.05, 0) is 44.2 Å². The maximum Gasteiger partial charge on any atom is 0.309 e. The van der Waals surface area contributed by atoms with E-state index in [2.05, 4.69) is 10.6 Å². The molecule has 1 aromatic carbocycles. The van der Waals surface area contributed by atoms with Crippen LogP contribution in [0.1, 0.15) is 37.7 Å². The summed E-state index contributed by atoms with van der Waals surface area (Å²) in [7, 11) is 0. The summed E-state index contributed by atoms with van der Waals surface area (Å²) in [5, 5.41) is 6.37. The lowest BCUT2D eigenvalue weighted by Gasteiger charge is -2.28. The quantitative estimate of drug-likeness (QED) is 0.811. The van der Waals surface area contributed by atoms with Crippen LogP contribution in [0.5, 0.6) is 0 Å². The lowest BCUT2D eigenvalue weighted by molar-refractivity contribution is -0.151. The van der Waals surface area contributed by atoms with Gasteiger partial charge >= 0.3 is 5.97 Å². The normalized spacial score (nSPS) is 26.8. The standard InChI is InChI=1S/C19H26N2O3/c22-18(16-10-11-20-12-16)21-17-8-6-15(7-9-17)19(23)24-13-14-4-2-1-3-5-14/h1-5,15-17,20H,6-13H2,(H,21,22)/t15?,16-,17?/m0/s1. The van der Waals surface area contributed by atoms with Gasteiger partial charge in [-0.1, -0.05) is 30.3 Å². The van der Waals surface area contributed by atoms with Gasteiger partial charge in [0.05, 0.1) is 11.8 Å². The molecule has 130 valence electrons. The molecule has 1 aliphatic carbocycles. The van der Waals surface area contributed by atoms with Gasteiger partial charge in [-0.15, -0.1) is 0 Å². The van der Waals surface area contributed by atoms with E-state index in [1.165, 1.54) is 0 Å². The van der Waals surface area contributed by atoms with Gasteiger partial charge in [0.2, 0.25) is 5.91 Å². The first-order valence-electron chi connectivity index (χ1n) is 8.94. The van der Waals surface area contributed by atoms with Crippen LogP contribution in [0.2, 0.25) is 0 Å². The SMILES string of the molecule is O=C(OCc1ccccc1)C1CCC(NC(=O)[C@H]2CCNC2)CC1. The molecule has 2 N–H and O–H groups in total. The third kappa shape index (κ3) is 4.57. The van der Waals surface area contributed by atoms with E-state index in [0.29, 0.717) is 6.61 Å². The minimum atomic E-state index is -0.108. The Hall–Kier alpha value is -1.88. The fraction of sp³-hybridized carbons (Fsp3) is 0.579. The Morgan fingerprint density at radius 3 is 2.46 bits per heavy atom. The molecule has 3 rings (SSSR count). The molecular formula is C19H26N2O3. The molecule has 5 nitrogen and oxygen atoms in total. The molecule has 5 heteroatoms. The van der Waals surface area contributed by atoms with E-state index in [1.54, 1.807) is 0 Å². The lowest BCUT2D eigenvalue weighted by atomic mass is 9.86. The molecule has 0 unspecified atom stereocenters. The molecule has 1 saturated heterocycles. The summed E-state index contributed by atoms with van der Waals surface area (Å²) in [6.07, 6.45) is 4.23. The van der Waals surface area contributed by atoms with Crippen molar-refractivity contribution in [1.29, 1.82) is 0 Å². The van der Waals surface area contributed by atoms with Gasteiger partial charge in [-0.25, -0.2) is 0 Å². The summed E-state index contributed by atoms with van der Waals surface area (Å²) in [6, 6.07) is 9.95. The van der Waals surface area contributed by atoms with Crippen molar-refractivity contribution in [3.05, 3.63) is 35.9 Å². The van der Waals surface area contributed by atoms with Crippen LogP contribution >= 0.6 is 0 Å². The largest absolute Gasteiger partial charge is 0.461 e. The molecule has 1 heterocycles. The van der Waals surface area contributed by atoms with Crippen molar-refractivity contribution in [1.82, 2.24) is 10.6 Å². The van der Waals surface area contributed by atoms with E-state index in [0.717, 1.165) is 50.8 Å². The van der Waals surface area contributed by atoms with E-state index in [9.17, 15) is 9.59 Å². The number of carbonyl (C=O) groups excluding carboxylic acids is 2. The number of nitrogens with one attached hydrogen (secondary N) is 2. The van der Waals surface area contributed by atoms with Crippen LogP contribution in [0.25, 0.3) is 0 Å². The molecule has 1 atom stereocenters. The van der Waals surface area contributed by atoms with E-state index >= 15 is 0 Å². The van der Waals surface area contributed by atoms with Crippen molar-refractivity contribution in [2.45, 2.75) is 44.8 Å². The van der Waals surface area contributed by atoms with Gasteiger partial charge in [0.1, 0.15) is 6.61 Å². The van der Waals surface area contributed by atoms with Crippen molar-refractivity contribution >= 4 is 11.9 Å². The first-order valence-corrected chi connectivity index (χ1v) is 8.94. The average molecular weight is 330 g/mol. The highest BCUT2D eigenvalue weighted by molar-refractivity contribution is 5.79. The fourth-order valence-corrected chi connectivity index (χ4v) is 3.52. The molecule has 0 spiro atoms. The third-order valence-electron chi connectivity index (χ3n) is 5.06. The Morgan fingerprint density at radius 2 is 1.79 bits per heavy atom. The minimum absolute atomic E-state index is 0.0324. The van der Waals surface area contributed by atoms with Crippen LogP contribution in [0.15, 0.2) is 30.3 Å². The predicted molar refractivity (Wildman–Crippen MR) is 91.1 cm³/mol. The summed E-state index contributed by atoms with van der Waals surface area (Å²) in [5.41, 5.74) is 1.01. The summed E-state index contributed by atoms with van der Waals surface area (Å²) >= 11 is 0. The van der Waals surface area contributed by atoms with E-state index in [1.807, 2.05) is 30.3 Å². The van der Waals surface area contributed by atoms with Gasteiger partial charge in [0.25, 0.3) is 0 Å². The van der Waals surface area contributed by atoms with Gasteiger partial charge in [0.15, 0.2) is 0 Å². The Kier molecular flexibility index (Phi) is 5.86. The van der Waals surface area contributed by atoms with Crippen molar-refractivity contribution in [3.63, 3.8) is 0 Å². The Morgan fingerprint density at radius 1 is 1.04 bits per heavy atom. The van der Waals surface area contributed by atoms with E-state index < -0.39 is 0 Å². The first-order chi connectivity index (χ1) is 11.7. The second kappa shape index (κ2) is 8.29. The van der Waals surface area contributed by atoms with Crippen molar-refractivity contribution in [2.24, 2.45) is 11.8 Å². The van der Waals surface area contributed by atoms with Crippen molar-refractivity contribution in [3.8, 4) is 0 Å². The van der Waals surface area contributed by atoms with Crippen molar-refractivity contribution in [2.75, 3.05) is 13.1 Å². The molecule has 2 fully saturated rings. The molecule has 0 radical (unpaired) electrons. The molecule has 0 aromatic heterocycles. The highest BCUT2D eigenvalue weighted by atomic mass is 16.5. The number of amides is 1. The second-order valence-electron chi connectivity index (χ2n) is 6.84. The topological polar surface area (TPSA) is 67.4 Å². The maximum atomic E-state index is 12.2. The minimum Gasteiger partial charge on any atom is -0.461 e. The molecular weight excluding hydrogens is 304 g/mol. The van der Waals surface area contributed by atoms with Gasteiger partial charge in [0, 0.05) is 12.6 Å². The van der Waals surface area contributed by atoms with E-state index in [4.69, 9.17) is 4.74 Å². The highest BCUT2D eigenvalue weighted by Gasteiger charge is 2.30. The Labute approximate surface area is 143 Å². The fourth-order valence-electron chi connectivity index (χ4n) is 3.52. The summed E-state index contributed by atoms with van der Waals surface area (Å²) in [6.45, 7) is 2.05. The smallest absolute Gasteiger partial charge is 0.309 e. The monoisotopic (exact) mass is 330 g/mol. The van der Waals surface area contributed by atoms with Crippen LogP contribution in [0, 0.1) is 11.8 Å². The number of hydrogen-bond acceptors (Lipinski definition) is 4. The summed E-state index contributed by atoms with van der Waals surface area (Å²) in [5.74, 6) is 0.132. The highest BCUT2D eigenvalue weighted by Crippen LogP contribution is 2.26. The molecule has 1 saturated carbocycles. The predicted octanol–water partition coefficient (Wildman–Crippen LogP) is 2.01. The zero-order chi connectivity index (χ0) is 16.8. The van der Waals surface area contributed by atoms with E-state index in [-0.39, 0.29) is 29.8 Å². The third-order valence-corrected chi connectivity index (χ3v) is 5.06. The molecule has 2 aliphatic rings. The van der Waals surface area contributed by atoms with Gasteiger partial charge < -0.3 is 15.4 Å². The second-order valence-corrected chi connectivity index (χ2v) is 6.84. The first kappa shape index (κ1) is 17.0. The number of rotatable bonds is 5. The van der Waals surface area contributed by atoms with Crippen LogP contribution in [-0.4, -0.2) is 31.0 Å². The van der Waals surface area contributed by atoms with Crippen LogP contribution in [0.4, 0.5) is 0 Å². The Balaban J connectivity index is 1.38. The Bertz CT molecular complexity index is 547. The van der Waals surface area contributed by atoms with Crippen LogP contribution in [0.3, 0.4) is 0 Å². The molecule has 24 heavy (non-hydrogen) atoms. The molecule has 1 amide bonds. The zero-order valence-electron chi connectivity index (χ0n) is 14.0. The van der Waals surface area contributed by atoms with Crippen LogP contribution < -0.4 is 10.6 Å². The molecule has 0 bridgehead atoms. The molecule has 1 aromatic rings. The number of benzene rings is 1. The average Bonchev–Trinajstić information content (AvgIpc) is 3.16. The number of carbonyl (C=O) groups is 2. The zero-order valence-corrected chi connectivity index (χ0v) is 14.0. The van der Waals surface area contributed by atoms with Gasteiger partial charge in [-0.2, -0.15) is 0 Å². The lowest BCUT2D eigenvalue weighted by Crippen LogP contribution is -2.42. The number of esters is 1. The van der Waals surface area contributed by atoms with Crippen molar-refractivity contribution < 1.29 is 14.3 Å². The summed E-state index contributed by atoms with van der Waals surface area (Å²) < 4.78 is 5.43. The summed E-state index contributed by atoms with van der Waals surface area (Å²) in [4.78, 5) is 24.3. The molecule has 1 aliphatic heterocycles. The maximum absolute atomic E-state index is 12.2. The number of ether oxygens (including phenoxy) is 1. The van der Waals surface area contributed by atoms with Gasteiger partial charge in [-0.3, -0.25) is 9.59 Å². The van der Waals surface area contributed by atoms with Crippen LogP contribution in [-0.2, 0) is 20.9 Å². The number of hydrogen-bond donors (Lipinski definition) is 2.